The first-order valence-corrected chi connectivity index (χ1v) is 6.29. The van der Waals surface area contributed by atoms with Gasteiger partial charge in [0, 0.05) is 28.2 Å². The third-order valence-corrected chi connectivity index (χ3v) is 3.31. The summed E-state index contributed by atoms with van der Waals surface area (Å²) >= 11 is 7.62. The van der Waals surface area contributed by atoms with E-state index in [0.29, 0.717) is 0 Å². The quantitative estimate of drug-likeness (QED) is 0.824. The third-order valence-electron chi connectivity index (χ3n) is 2.21. The van der Waals surface area contributed by atoms with Crippen LogP contribution in [0.3, 0.4) is 0 Å². The zero-order valence-corrected chi connectivity index (χ0v) is 10.1. The molecule has 0 aliphatic rings. The second-order valence-electron chi connectivity index (χ2n) is 3.49. The fraction of sp³-hybridized carbons (Fsp3) is 0.364. The van der Waals surface area contributed by atoms with E-state index in [-0.39, 0.29) is 5.38 Å². The van der Waals surface area contributed by atoms with Gasteiger partial charge in [0.1, 0.15) is 5.82 Å². The smallest absolute Gasteiger partial charge is 0.134 e. The number of nitrogens with one attached hydrogen (secondary N) is 1. The molecular weight excluding hydrogens is 228 g/mol. The molecule has 0 aromatic carbocycles. The predicted octanol–water partition coefficient (Wildman–Crippen LogP) is 3.73. The molecule has 0 saturated carbocycles. The summed E-state index contributed by atoms with van der Waals surface area (Å²) in [5, 5.41) is 6.81. The fourth-order valence-corrected chi connectivity index (χ4v) is 2.32. The van der Waals surface area contributed by atoms with Crippen LogP contribution in [0.5, 0.6) is 0 Å². The fourth-order valence-electron chi connectivity index (χ4n) is 1.43. The van der Waals surface area contributed by atoms with Crippen LogP contribution >= 0.6 is 22.9 Å². The number of hydrogen-bond donors (Lipinski definition) is 1. The van der Waals surface area contributed by atoms with Crippen molar-refractivity contribution in [3.8, 4) is 0 Å². The summed E-state index contributed by atoms with van der Waals surface area (Å²) in [6.07, 6.45) is 2.79. The minimum atomic E-state index is 0.208. The molecular formula is C11H13ClN2S. The van der Waals surface area contributed by atoms with Gasteiger partial charge in [-0.15, -0.1) is 22.9 Å². The van der Waals surface area contributed by atoms with Crippen LogP contribution in [0.25, 0.3) is 10.1 Å². The van der Waals surface area contributed by atoms with Crippen LogP contribution in [-0.4, -0.2) is 16.9 Å². The summed E-state index contributed by atoms with van der Waals surface area (Å²) in [4.78, 5) is 4.33. The first-order chi connectivity index (χ1) is 7.27. The molecule has 0 saturated heterocycles. The van der Waals surface area contributed by atoms with Gasteiger partial charge in [-0.3, -0.25) is 0 Å². The maximum atomic E-state index is 5.88. The number of hydrogen-bond acceptors (Lipinski definition) is 3. The molecule has 4 heteroatoms. The largest absolute Gasteiger partial charge is 0.369 e. The van der Waals surface area contributed by atoms with Crippen molar-refractivity contribution in [3.63, 3.8) is 0 Å². The Bertz CT molecular complexity index is 439. The van der Waals surface area contributed by atoms with Crippen molar-refractivity contribution < 1.29 is 0 Å². The standard InChI is InChI=1S/C11H13ClN2S/c1-8(12)2-5-13-11-9-4-7-15-10(9)3-6-14-11/h3-4,6-8H,2,5H2,1H3,(H,13,14). The Hall–Kier alpha value is -0.800. The van der Waals surface area contributed by atoms with Crippen LogP contribution in [0, 0.1) is 0 Å². The summed E-state index contributed by atoms with van der Waals surface area (Å²) in [5.41, 5.74) is 0. The Morgan fingerprint density at radius 1 is 1.53 bits per heavy atom. The molecule has 1 unspecified atom stereocenters. The van der Waals surface area contributed by atoms with E-state index in [2.05, 4.69) is 21.7 Å². The number of fused-ring (bicyclic) bond motifs is 1. The molecule has 0 bridgehead atoms. The molecule has 80 valence electrons. The van der Waals surface area contributed by atoms with Crippen molar-refractivity contribution >= 4 is 38.8 Å². The van der Waals surface area contributed by atoms with Gasteiger partial charge >= 0.3 is 0 Å². The topological polar surface area (TPSA) is 24.9 Å². The lowest BCUT2D eigenvalue weighted by Crippen LogP contribution is -2.07. The van der Waals surface area contributed by atoms with Gasteiger partial charge in [-0.2, -0.15) is 0 Å². The summed E-state index contributed by atoms with van der Waals surface area (Å²) in [7, 11) is 0. The SMILES string of the molecule is CC(Cl)CCNc1nccc2sccc12. The Balaban J connectivity index is 2.10. The van der Waals surface area contributed by atoms with Crippen molar-refractivity contribution in [2.45, 2.75) is 18.7 Å². The van der Waals surface area contributed by atoms with Gasteiger partial charge in [-0.05, 0) is 30.9 Å². The molecule has 2 rings (SSSR count). The monoisotopic (exact) mass is 240 g/mol. The maximum Gasteiger partial charge on any atom is 0.134 e. The molecule has 0 spiro atoms. The van der Waals surface area contributed by atoms with Crippen molar-refractivity contribution in [1.82, 2.24) is 4.98 Å². The molecule has 2 heterocycles. The number of thiophene rings is 1. The van der Waals surface area contributed by atoms with Crippen molar-refractivity contribution in [3.05, 3.63) is 23.7 Å². The van der Waals surface area contributed by atoms with Crippen LogP contribution in [0.15, 0.2) is 23.7 Å². The van der Waals surface area contributed by atoms with Gasteiger partial charge < -0.3 is 5.32 Å². The Morgan fingerprint density at radius 2 is 2.40 bits per heavy atom. The highest BCUT2D eigenvalue weighted by Crippen LogP contribution is 2.25. The summed E-state index contributed by atoms with van der Waals surface area (Å²) < 4.78 is 1.27. The number of alkyl halides is 1. The van der Waals surface area contributed by atoms with Gasteiger partial charge in [0.2, 0.25) is 0 Å². The molecule has 2 aromatic heterocycles. The van der Waals surface area contributed by atoms with E-state index in [1.807, 2.05) is 19.2 Å². The number of anilines is 1. The van der Waals surface area contributed by atoms with Crippen molar-refractivity contribution in [2.24, 2.45) is 0 Å². The van der Waals surface area contributed by atoms with Gasteiger partial charge in [0.15, 0.2) is 0 Å². The minimum absolute atomic E-state index is 0.208. The first kappa shape index (κ1) is 10.7. The zero-order chi connectivity index (χ0) is 10.7. The molecule has 2 aromatic rings. The van der Waals surface area contributed by atoms with E-state index >= 15 is 0 Å². The Labute approximate surface area is 98.3 Å². The Morgan fingerprint density at radius 3 is 3.20 bits per heavy atom. The lowest BCUT2D eigenvalue weighted by atomic mass is 10.3. The molecule has 0 amide bonds. The number of halogens is 1. The molecule has 0 aliphatic heterocycles. The highest BCUT2D eigenvalue weighted by molar-refractivity contribution is 7.17. The van der Waals surface area contributed by atoms with Crippen molar-refractivity contribution in [1.29, 1.82) is 0 Å². The highest BCUT2D eigenvalue weighted by Gasteiger charge is 2.03. The Kier molecular flexibility index (Phi) is 3.44. The molecule has 15 heavy (non-hydrogen) atoms. The van der Waals surface area contributed by atoms with E-state index in [4.69, 9.17) is 11.6 Å². The molecule has 0 fully saturated rings. The lowest BCUT2D eigenvalue weighted by molar-refractivity contribution is 0.840. The summed E-state index contributed by atoms with van der Waals surface area (Å²) in [5.74, 6) is 0.964. The van der Waals surface area contributed by atoms with E-state index in [9.17, 15) is 0 Å². The summed E-state index contributed by atoms with van der Waals surface area (Å²) in [6.45, 7) is 2.87. The van der Waals surface area contributed by atoms with Gasteiger partial charge in [-0.1, -0.05) is 0 Å². The number of aromatic nitrogens is 1. The normalized spacial score (nSPS) is 12.9. The molecule has 1 N–H and O–H groups in total. The van der Waals surface area contributed by atoms with Gasteiger partial charge in [-0.25, -0.2) is 4.98 Å². The third kappa shape index (κ3) is 2.61. The maximum absolute atomic E-state index is 5.88. The zero-order valence-electron chi connectivity index (χ0n) is 8.53. The van der Waals surface area contributed by atoms with E-state index in [0.717, 1.165) is 18.8 Å². The van der Waals surface area contributed by atoms with Crippen LogP contribution < -0.4 is 5.32 Å². The average Bonchev–Trinajstić information content (AvgIpc) is 2.65. The highest BCUT2D eigenvalue weighted by atomic mass is 35.5. The van der Waals surface area contributed by atoms with E-state index < -0.39 is 0 Å². The van der Waals surface area contributed by atoms with Crippen LogP contribution in [0.2, 0.25) is 0 Å². The predicted molar refractivity (Wildman–Crippen MR) is 68.0 cm³/mol. The van der Waals surface area contributed by atoms with Crippen LogP contribution in [0.1, 0.15) is 13.3 Å². The molecule has 0 radical (unpaired) electrons. The molecule has 0 aliphatic carbocycles. The second kappa shape index (κ2) is 4.81. The van der Waals surface area contributed by atoms with Crippen LogP contribution in [-0.2, 0) is 0 Å². The number of nitrogens with zero attached hydrogens (tertiary/aromatic N) is 1. The minimum Gasteiger partial charge on any atom is -0.369 e. The first-order valence-electron chi connectivity index (χ1n) is 4.97. The van der Waals surface area contributed by atoms with Gasteiger partial charge in [0.05, 0.1) is 0 Å². The van der Waals surface area contributed by atoms with Crippen molar-refractivity contribution in [2.75, 3.05) is 11.9 Å². The molecule has 2 nitrogen and oxygen atoms in total. The van der Waals surface area contributed by atoms with Crippen LogP contribution in [0.4, 0.5) is 5.82 Å². The van der Waals surface area contributed by atoms with E-state index in [1.54, 1.807) is 11.3 Å². The number of rotatable bonds is 4. The average molecular weight is 241 g/mol. The lowest BCUT2D eigenvalue weighted by Gasteiger charge is -2.07. The molecule has 1 atom stereocenters. The summed E-state index contributed by atoms with van der Waals surface area (Å²) in [6, 6.07) is 4.13. The second-order valence-corrected chi connectivity index (χ2v) is 5.18. The number of pyridine rings is 1. The van der Waals surface area contributed by atoms with E-state index in [1.165, 1.54) is 10.1 Å². The van der Waals surface area contributed by atoms with Gasteiger partial charge in [0.25, 0.3) is 0 Å².